The third-order valence-electron chi connectivity index (χ3n) is 3.15. The number of anilines is 1. The minimum Gasteiger partial charge on any atom is -0.340 e. The summed E-state index contributed by atoms with van der Waals surface area (Å²) in [6, 6.07) is 5.47. The molecule has 1 N–H and O–H groups in total. The highest BCUT2D eigenvalue weighted by Crippen LogP contribution is 2.22. The van der Waals surface area contributed by atoms with Crippen molar-refractivity contribution in [2.75, 3.05) is 11.9 Å². The first-order chi connectivity index (χ1) is 9.32. The van der Waals surface area contributed by atoms with Gasteiger partial charge in [-0.1, -0.05) is 17.7 Å². The van der Waals surface area contributed by atoms with Gasteiger partial charge >= 0.3 is 0 Å². The van der Waals surface area contributed by atoms with Crippen LogP contribution in [0, 0.1) is 6.92 Å². The molecular weight excluding hydrogens is 276 g/mol. The first-order valence-corrected chi connectivity index (χ1v) is 7.03. The molecule has 0 fully saturated rings. The molecular formula is C15H21ClN2O2. The van der Waals surface area contributed by atoms with E-state index in [0.29, 0.717) is 17.3 Å². The average Bonchev–Trinajstić information content (AvgIpc) is 2.34. The molecule has 5 heteroatoms. The zero-order chi connectivity index (χ0) is 15.3. The number of carbonyl (C=O) groups is 2. The summed E-state index contributed by atoms with van der Waals surface area (Å²) in [5.74, 6) is -0.144. The Labute approximate surface area is 125 Å². The van der Waals surface area contributed by atoms with Gasteiger partial charge in [-0.2, -0.15) is 0 Å². The monoisotopic (exact) mass is 296 g/mol. The molecule has 4 nitrogen and oxygen atoms in total. The highest BCUT2D eigenvalue weighted by molar-refractivity contribution is 6.31. The van der Waals surface area contributed by atoms with Crippen molar-refractivity contribution in [2.24, 2.45) is 0 Å². The Morgan fingerprint density at radius 3 is 2.55 bits per heavy atom. The first kappa shape index (κ1) is 16.5. The number of benzene rings is 1. The molecule has 0 saturated heterocycles. The third-order valence-corrected chi connectivity index (χ3v) is 3.56. The Hall–Kier alpha value is -1.55. The van der Waals surface area contributed by atoms with Crippen molar-refractivity contribution < 1.29 is 9.59 Å². The number of hydrogen-bond acceptors (Lipinski definition) is 2. The van der Waals surface area contributed by atoms with Crippen LogP contribution in [0.2, 0.25) is 5.02 Å². The molecule has 20 heavy (non-hydrogen) atoms. The van der Waals surface area contributed by atoms with Gasteiger partial charge in [0.15, 0.2) is 0 Å². The van der Waals surface area contributed by atoms with Gasteiger partial charge in [-0.15, -0.1) is 0 Å². The standard InChI is InChI=1S/C15H21ClN2O2/c1-10(2)18(12(4)19)9-8-15(20)17-14-7-5-6-13(16)11(14)3/h5-7,10H,8-9H2,1-4H3,(H,17,20). The van der Waals surface area contributed by atoms with Crippen LogP contribution in [0.4, 0.5) is 5.69 Å². The molecule has 0 spiro atoms. The van der Waals surface area contributed by atoms with Crippen LogP contribution in [-0.2, 0) is 9.59 Å². The Balaban J connectivity index is 2.60. The van der Waals surface area contributed by atoms with Crippen LogP contribution >= 0.6 is 11.6 Å². The summed E-state index contributed by atoms with van der Waals surface area (Å²) in [6.45, 7) is 7.65. The van der Waals surface area contributed by atoms with Gasteiger partial charge in [-0.25, -0.2) is 0 Å². The lowest BCUT2D eigenvalue weighted by Gasteiger charge is -2.25. The summed E-state index contributed by atoms with van der Waals surface area (Å²) in [5.41, 5.74) is 1.55. The van der Waals surface area contributed by atoms with Gasteiger partial charge in [0.05, 0.1) is 0 Å². The summed E-state index contributed by atoms with van der Waals surface area (Å²) in [6.07, 6.45) is 0.268. The van der Waals surface area contributed by atoms with E-state index in [1.807, 2.05) is 26.8 Å². The van der Waals surface area contributed by atoms with E-state index in [1.165, 1.54) is 6.92 Å². The van der Waals surface area contributed by atoms with Gasteiger partial charge in [-0.05, 0) is 38.5 Å². The van der Waals surface area contributed by atoms with Crippen LogP contribution in [0.5, 0.6) is 0 Å². The first-order valence-electron chi connectivity index (χ1n) is 6.65. The topological polar surface area (TPSA) is 49.4 Å². The predicted octanol–water partition coefficient (Wildman–Crippen LogP) is 3.23. The number of hydrogen-bond donors (Lipinski definition) is 1. The van der Waals surface area contributed by atoms with Crippen molar-refractivity contribution in [3.63, 3.8) is 0 Å². The van der Waals surface area contributed by atoms with E-state index in [1.54, 1.807) is 17.0 Å². The lowest BCUT2D eigenvalue weighted by molar-refractivity contribution is -0.130. The number of carbonyl (C=O) groups excluding carboxylic acids is 2. The Bertz CT molecular complexity index is 501. The van der Waals surface area contributed by atoms with E-state index in [9.17, 15) is 9.59 Å². The normalized spacial score (nSPS) is 10.5. The summed E-state index contributed by atoms with van der Waals surface area (Å²) < 4.78 is 0. The molecule has 0 unspecified atom stereocenters. The van der Waals surface area contributed by atoms with Crippen LogP contribution in [0.25, 0.3) is 0 Å². The Morgan fingerprint density at radius 1 is 1.35 bits per heavy atom. The molecule has 0 saturated carbocycles. The van der Waals surface area contributed by atoms with Gasteiger partial charge < -0.3 is 10.2 Å². The third kappa shape index (κ3) is 4.53. The number of nitrogens with zero attached hydrogens (tertiary/aromatic N) is 1. The van der Waals surface area contributed by atoms with Crippen molar-refractivity contribution in [1.29, 1.82) is 0 Å². The lowest BCUT2D eigenvalue weighted by atomic mass is 10.2. The van der Waals surface area contributed by atoms with E-state index < -0.39 is 0 Å². The maximum atomic E-state index is 11.9. The summed E-state index contributed by atoms with van der Waals surface area (Å²) >= 11 is 6.00. The minimum absolute atomic E-state index is 0.0215. The quantitative estimate of drug-likeness (QED) is 0.907. The predicted molar refractivity (Wildman–Crippen MR) is 82.0 cm³/mol. The van der Waals surface area contributed by atoms with Crippen LogP contribution in [0.15, 0.2) is 18.2 Å². The molecule has 0 heterocycles. The fourth-order valence-electron chi connectivity index (χ4n) is 1.96. The molecule has 0 aromatic heterocycles. The van der Waals surface area contributed by atoms with Gasteiger partial charge in [0.2, 0.25) is 11.8 Å². The van der Waals surface area contributed by atoms with E-state index in [2.05, 4.69) is 5.32 Å². The van der Waals surface area contributed by atoms with Gasteiger partial charge in [0.25, 0.3) is 0 Å². The average molecular weight is 297 g/mol. The SMILES string of the molecule is CC(=O)N(CCC(=O)Nc1cccc(Cl)c1C)C(C)C. The highest BCUT2D eigenvalue weighted by atomic mass is 35.5. The van der Waals surface area contributed by atoms with Crippen molar-refractivity contribution in [1.82, 2.24) is 4.90 Å². The molecule has 0 aliphatic heterocycles. The van der Waals surface area contributed by atoms with Gasteiger partial charge in [0.1, 0.15) is 0 Å². The molecule has 0 atom stereocenters. The van der Waals surface area contributed by atoms with E-state index in [0.717, 1.165) is 5.56 Å². The molecule has 110 valence electrons. The molecule has 0 aliphatic rings. The highest BCUT2D eigenvalue weighted by Gasteiger charge is 2.14. The molecule has 0 aliphatic carbocycles. The Morgan fingerprint density at radius 2 is 2.00 bits per heavy atom. The number of amides is 2. The number of rotatable bonds is 5. The fourth-order valence-corrected chi connectivity index (χ4v) is 2.13. The number of halogens is 1. The van der Waals surface area contributed by atoms with Crippen LogP contribution in [-0.4, -0.2) is 29.3 Å². The second kappa shape index (κ2) is 7.29. The zero-order valence-corrected chi connectivity index (χ0v) is 13.1. The summed E-state index contributed by atoms with van der Waals surface area (Å²) in [7, 11) is 0. The maximum Gasteiger partial charge on any atom is 0.226 e. The Kier molecular flexibility index (Phi) is 6.02. The summed E-state index contributed by atoms with van der Waals surface area (Å²) in [4.78, 5) is 25.0. The van der Waals surface area contributed by atoms with Gasteiger partial charge in [0, 0.05) is 36.6 Å². The van der Waals surface area contributed by atoms with E-state index in [4.69, 9.17) is 11.6 Å². The molecule has 1 aromatic carbocycles. The van der Waals surface area contributed by atoms with Gasteiger partial charge in [-0.3, -0.25) is 9.59 Å². The fraction of sp³-hybridized carbons (Fsp3) is 0.467. The van der Waals surface area contributed by atoms with Crippen molar-refractivity contribution in [3.05, 3.63) is 28.8 Å². The van der Waals surface area contributed by atoms with Crippen molar-refractivity contribution in [3.8, 4) is 0 Å². The molecule has 0 bridgehead atoms. The van der Waals surface area contributed by atoms with E-state index >= 15 is 0 Å². The lowest BCUT2D eigenvalue weighted by Crippen LogP contribution is -2.37. The summed E-state index contributed by atoms with van der Waals surface area (Å²) in [5, 5.41) is 3.44. The van der Waals surface area contributed by atoms with Crippen LogP contribution in [0.3, 0.4) is 0 Å². The van der Waals surface area contributed by atoms with Crippen LogP contribution in [0.1, 0.15) is 32.8 Å². The van der Waals surface area contributed by atoms with Crippen LogP contribution < -0.4 is 5.32 Å². The largest absolute Gasteiger partial charge is 0.340 e. The zero-order valence-electron chi connectivity index (χ0n) is 12.4. The smallest absolute Gasteiger partial charge is 0.226 e. The second-order valence-electron chi connectivity index (χ2n) is 5.02. The molecule has 2 amide bonds. The second-order valence-corrected chi connectivity index (χ2v) is 5.42. The molecule has 1 rings (SSSR count). The number of nitrogens with one attached hydrogen (secondary N) is 1. The molecule has 1 aromatic rings. The van der Waals surface area contributed by atoms with Crippen molar-refractivity contribution >= 4 is 29.1 Å². The minimum atomic E-state index is -0.123. The molecule has 0 radical (unpaired) electrons. The maximum absolute atomic E-state index is 11.9. The van der Waals surface area contributed by atoms with Crippen molar-refractivity contribution in [2.45, 2.75) is 40.2 Å². The van der Waals surface area contributed by atoms with E-state index in [-0.39, 0.29) is 24.3 Å².